The lowest BCUT2D eigenvalue weighted by atomic mass is 10.0. The Bertz CT molecular complexity index is 516. The summed E-state index contributed by atoms with van der Waals surface area (Å²) in [7, 11) is 0. The summed E-state index contributed by atoms with van der Waals surface area (Å²) < 4.78 is 2.20. The molecule has 2 aromatic rings. The lowest BCUT2D eigenvalue weighted by Crippen LogP contribution is -2.27. The third kappa shape index (κ3) is 3.93. The summed E-state index contributed by atoms with van der Waals surface area (Å²) in [4.78, 5) is 4.42. The molecule has 0 aliphatic heterocycles. The van der Waals surface area contributed by atoms with Crippen LogP contribution in [0.25, 0.3) is 0 Å². The van der Waals surface area contributed by atoms with E-state index < -0.39 is 0 Å². The van der Waals surface area contributed by atoms with Crippen molar-refractivity contribution in [1.82, 2.24) is 9.55 Å². The van der Waals surface area contributed by atoms with E-state index in [0.29, 0.717) is 0 Å². The third-order valence-electron chi connectivity index (χ3n) is 3.29. The highest BCUT2D eigenvalue weighted by molar-refractivity contribution is 5.23. The van der Waals surface area contributed by atoms with E-state index >= 15 is 0 Å². The lowest BCUT2D eigenvalue weighted by Gasteiger charge is -2.13. The molecule has 1 atom stereocenters. The van der Waals surface area contributed by atoms with Crippen molar-refractivity contribution in [3.05, 3.63) is 53.6 Å². The molecule has 0 aliphatic rings. The number of aromatic nitrogens is 2. The van der Waals surface area contributed by atoms with Crippen molar-refractivity contribution in [1.29, 1.82) is 0 Å². The van der Waals surface area contributed by atoms with Crippen LogP contribution in [0.1, 0.15) is 30.3 Å². The van der Waals surface area contributed by atoms with Gasteiger partial charge in [0.25, 0.3) is 0 Å². The van der Waals surface area contributed by atoms with Gasteiger partial charge in [-0.1, -0.05) is 36.8 Å². The zero-order valence-corrected chi connectivity index (χ0v) is 11.8. The van der Waals surface area contributed by atoms with Crippen LogP contribution in [0.15, 0.2) is 36.7 Å². The van der Waals surface area contributed by atoms with Crippen LogP contribution in [0.4, 0.5) is 0 Å². The Kier molecular flexibility index (Phi) is 4.74. The Labute approximate surface area is 115 Å². The van der Waals surface area contributed by atoms with Gasteiger partial charge in [-0.2, -0.15) is 0 Å². The molecular weight excluding hydrogens is 234 g/mol. The van der Waals surface area contributed by atoms with Gasteiger partial charge in [-0.3, -0.25) is 0 Å². The molecule has 0 fully saturated rings. The Morgan fingerprint density at radius 2 is 2.16 bits per heavy atom. The fourth-order valence-corrected chi connectivity index (χ4v) is 2.42. The summed E-state index contributed by atoms with van der Waals surface area (Å²) in [5.41, 5.74) is 8.85. The molecule has 0 bridgehead atoms. The lowest BCUT2D eigenvalue weighted by molar-refractivity contribution is 0.582. The fraction of sp³-hybridized carbons (Fsp3) is 0.438. The Morgan fingerprint density at radius 1 is 1.32 bits per heavy atom. The van der Waals surface area contributed by atoms with E-state index in [4.69, 9.17) is 5.73 Å². The minimum atomic E-state index is 0.125. The summed E-state index contributed by atoms with van der Waals surface area (Å²) in [5.74, 6) is 1.10. The van der Waals surface area contributed by atoms with Crippen molar-refractivity contribution < 1.29 is 0 Å². The van der Waals surface area contributed by atoms with Gasteiger partial charge < -0.3 is 10.3 Å². The molecule has 1 aromatic heterocycles. The van der Waals surface area contributed by atoms with Crippen molar-refractivity contribution in [3.63, 3.8) is 0 Å². The highest BCUT2D eigenvalue weighted by atomic mass is 15.1. The SMILES string of the molecule is CCCn1ccnc1CC(N)Cc1cccc(C)c1. The molecule has 1 aromatic carbocycles. The van der Waals surface area contributed by atoms with Crippen molar-refractivity contribution in [2.45, 2.75) is 45.7 Å². The molecule has 3 nitrogen and oxygen atoms in total. The van der Waals surface area contributed by atoms with Crippen LogP contribution in [-0.2, 0) is 19.4 Å². The van der Waals surface area contributed by atoms with Crippen molar-refractivity contribution >= 4 is 0 Å². The first-order chi connectivity index (χ1) is 9.19. The first-order valence-corrected chi connectivity index (χ1v) is 7.00. The summed E-state index contributed by atoms with van der Waals surface area (Å²) in [6.45, 7) is 5.31. The molecule has 0 aliphatic carbocycles. The van der Waals surface area contributed by atoms with Crippen molar-refractivity contribution in [2.24, 2.45) is 5.73 Å². The minimum Gasteiger partial charge on any atom is -0.335 e. The topological polar surface area (TPSA) is 43.8 Å². The van der Waals surface area contributed by atoms with E-state index in [-0.39, 0.29) is 6.04 Å². The van der Waals surface area contributed by atoms with Gasteiger partial charge in [0.15, 0.2) is 0 Å². The second kappa shape index (κ2) is 6.53. The van der Waals surface area contributed by atoms with Gasteiger partial charge in [0.1, 0.15) is 5.82 Å². The van der Waals surface area contributed by atoms with Gasteiger partial charge in [-0.25, -0.2) is 4.98 Å². The van der Waals surface area contributed by atoms with Crippen LogP contribution in [0.3, 0.4) is 0 Å². The molecule has 0 saturated heterocycles. The molecule has 1 unspecified atom stereocenters. The van der Waals surface area contributed by atoms with Gasteiger partial charge in [-0.05, 0) is 25.3 Å². The first kappa shape index (κ1) is 13.8. The van der Waals surface area contributed by atoms with Crippen LogP contribution in [0.5, 0.6) is 0 Å². The van der Waals surface area contributed by atoms with Crippen LogP contribution in [0, 0.1) is 6.92 Å². The van der Waals surface area contributed by atoms with Gasteiger partial charge in [0, 0.05) is 31.4 Å². The predicted octanol–water partition coefficient (Wildman–Crippen LogP) is 2.71. The molecule has 2 rings (SSSR count). The van der Waals surface area contributed by atoms with E-state index in [1.54, 1.807) is 0 Å². The standard InChI is InChI=1S/C16H23N3/c1-3-8-19-9-7-18-16(19)12-15(17)11-14-6-4-5-13(2)10-14/h4-7,9-10,15H,3,8,11-12,17H2,1-2H3. The van der Waals surface area contributed by atoms with Crippen LogP contribution >= 0.6 is 0 Å². The molecule has 0 spiro atoms. The van der Waals surface area contributed by atoms with Crippen LogP contribution < -0.4 is 5.73 Å². The van der Waals surface area contributed by atoms with Gasteiger partial charge in [0.05, 0.1) is 0 Å². The second-order valence-electron chi connectivity index (χ2n) is 5.19. The van der Waals surface area contributed by atoms with Crippen LogP contribution in [0.2, 0.25) is 0 Å². The maximum absolute atomic E-state index is 6.26. The maximum Gasteiger partial charge on any atom is 0.110 e. The molecule has 0 amide bonds. The average molecular weight is 257 g/mol. The quantitative estimate of drug-likeness (QED) is 0.864. The molecule has 1 heterocycles. The maximum atomic E-state index is 6.26. The number of imidazole rings is 1. The van der Waals surface area contributed by atoms with E-state index in [0.717, 1.165) is 31.6 Å². The zero-order chi connectivity index (χ0) is 13.7. The number of nitrogens with two attached hydrogens (primary N) is 1. The second-order valence-corrected chi connectivity index (χ2v) is 5.19. The summed E-state index contributed by atoms with van der Waals surface area (Å²) in [6, 6.07) is 8.68. The zero-order valence-electron chi connectivity index (χ0n) is 11.8. The van der Waals surface area contributed by atoms with E-state index in [2.05, 4.69) is 47.7 Å². The molecule has 102 valence electrons. The number of hydrogen-bond acceptors (Lipinski definition) is 2. The number of rotatable bonds is 6. The van der Waals surface area contributed by atoms with Gasteiger partial charge in [-0.15, -0.1) is 0 Å². The van der Waals surface area contributed by atoms with Crippen molar-refractivity contribution in [3.8, 4) is 0 Å². The highest BCUT2D eigenvalue weighted by Gasteiger charge is 2.09. The monoisotopic (exact) mass is 257 g/mol. The van der Waals surface area contributed by atoms with E-state index in [1.807, 2.05) is 12.4 Å². The Hall–Kier alpha value is -1.61. The molecule has 19 heavy (non-hydrogen) atoms. The van der Waals surface area contributed by atoms with E-state index in [1.165, 1.54) is 11.1 Å². The molecule has 2 N–H and O–H groups in total. The molecular formula is C16H23N3. The molecule has 0 saturated carbocycles. The van der Waals surface area contributed by atoms with Gasteiger partial charge >= 0.3 is 0 Å². The molecule has 0 radical (unpaired) electrons. The average Bonchev–Trinajstić information content (AvgIpc) is 2.77. The Morgan fingerprint density at radius 3 is 2.89 bits per heavy atom. The molecule has 3 heteroatoms. The van der Waals surface area contributed by atoms with Crippen molar-refractivity contribution in [2.75, 3.05) is 0 Å². The summed E-state index contributed by atoms with van der Waals surface area (Å²) in [5, 5.41) is 0. The number of hydrogen-bond donors (Lipinski definition) is 1. The largest absolute Gasteiger partial charge is 0.335 e. The number of nitrogens with zero attached hydrogens (tertiary/aromatic N) is 2. The summed E-state index contributed by atoms with van der Waals surface area (Å²) in [6.07, 6.45) is 6.76. The number of benzene rings is 1. The third-order valence-corrected chi connectivity index (χ3v) is 3.29. The predicted molar refractivity (Wildman–Crippen MR) is 79.1 cm³/mol. The Balaban J connectivity index is 1.97. The van der Waals surface area contributed by atoms with Crippen LogP contribution in [-0.4, -0.2) is 15.6 Å². The smallest absolute Gasteiger partial charge is 0.110 e. The minimum absolute atomic E-state index is 0.125. The summed E-state index contributed by atoms with van der Waals surface area (Å²) >= 11 is 0. The highest BCUT2D eigenvalue weighted by Crippen LogP contribution is 2.09. The van der Waals surface area contributed by atoms with Gasteiger partial charge in [0.2, 0.25) is 0 Å². The normalized spacial score (nSPS) is 12.6. The first-order valence-electron chi connectivity index (χ1n) is 7.00. The number of aryl methyl sites for hydroxylation is 2. The fourth-order valence-electron chi connectivity index (χ4n) is 2.42. The van der Waals surface area contributed by atoms with E-state index in [9.17, 15) is 0 Å².